The highest BCUT2D eigenvalue weighted by atomic mass is 35.5. The fraction of sp³-hybridized carbons (Fsp3) is 0.350. The number of carbonyl (C=O) groups is 1. The van der Waals surface area contributed by atoms with E-state index in [1.165, 1.54) is 24.3 Å². The first kappa shape index (κ1) is 19.5. The molecule has 0 aromatic heterocycles. The molecule has 5 nitrogen and oxygen atoms in total. The first-order valence-corrected chi connectivity index (χ1v) is 9.18. The number of ether oxygens (including phenoxy) is 1. The highest BCUT2D eigenvalue weighted by Crippen LogP contribution is 2.28. The van der Waals surface area contributed by atoms with E-state index in [1.54, 1.807) is 23.1 Å². The molecule has 1 fully saturated rings. The van der Waals surface area contributed by atoms with E-state index in [-0.39, 0.29) is 35.9 Å². The molecule has 1 saturated heterocycles. The van der Waals surface area contributed by atoms with Gasteiger partial charge < -0.3 is 14.7 Å². The van der Waals surface area contributed by atoms with Crippen LogP contribution in [0.3, 0.4) is 0 Å². The van der Waals surface area contributed by atoms with E-state index in [4.69, 9.17) is 16.3 Å². The molecule has 27 heavy (non-hydrogen) atoms. The van der Waals surface area contributed by atoms with E-state index in [1.807, 2.05) is 6.92 Å². The minimum absolute atomic E-state index is 0.0362. The molecule has 1 heterocycles. The van der Waals surface area contributed by atoms with Gasteiger partial charge in [-0.2, -0.15) is 0 Å². The maximum Gasteiger partial charge on any atom is 0.260 e. The van der Waals surface area contributed by atoms with Crippen molar-refractivity contribution in [3.8, 4) is 11.5 Å². The first-order chi connectivity index (χ1) is 12.9. The molecule has 1 atom stereocenters. The zero-order valence-corrected chi connectivity index (χ0v) is 15.8. The van der Waals surface area contributed by atoms with Crippen LogP contribution in [0.15, 0.2) is 42.5 Å². The van der Waals surface area contributed by atoms with Crippen molar-refractivity contribution in [3.05, 3.63) is 58.9 Å². The average molecular weight is 393 g/mol. The SMILES string of the molecule is C[C@@H]1CN(Cc2ccc(F)cc2)CCN1C(=O)COc1ccc(Cl)cc1O. The normalized spacial score (nSPS) is 17.7. The summed E-state index contributed by atoms with van der Waals surface area (Å²) < 4.78 is 18.5. The van der Waals surface area contributed by atoms with Crippen molar-refractivity contribution in [2.75, 3.05) is 26.2 Å². The molecule has 2 aromatic carbocycles. The minimum Gasteiger partial charge on any atom is -0.504 e. The molecular formula is C20H22ClFN2O3. The summed E-state index contributed by atoms with van der Waals surface area (Å²) >= 11 is 5.79. The third-order valence-corrected chi connectivity index (χ3v) is 4.86. The first-order valence-electron chi connectivity index (χ1n) is 8.80. The summed E-state index contributed by atoms with van der Waals surface area (Å²) in [6.07, 6.45) is 0. The van der Waals surface area contributed by atoms with Crippen molar-refractivity contribution in [1.82, 2.24) is 9.80 Å². The van der Waals surface area contributed by atoms with Crippen LogP contribution >= 0.6 is 11.6 Å². The second kappa shape index (κ2) is 8.59. The number of aromatic hydroxyl groups is 1. The Morgan fingerprint density at radius 3 is 2.67 bits per heavy atom. The van der Waals surface area contributed by atoms with Crippen molar-refractivity contribution in [2.24, 2.45) is 0 Å². The molecular weight excluding hydrogens is 371 g/mol. The number of piperazine rings is 1. The number of hydrogen-bond donors (Lipinski definition) is 1. The number of benzene rings is 2. The predicted octanol–water partition coefficient (Wildman–Crippen LogP) is 3.30. The predicted molar refractivity (Wildman–Crippen MR) is 101 cm³/mol. The number of carbonyl (C=O) groups excluding carboxylic acids is 1. The molecule has 3 rings (SSSR count). The van der Waals surface area contributed by atoms with E-state index in [9.17, 15) is 14.3 Å². The third-order valence-electron chi connectivity index (χ3n) is 4.62. The molecule has 0 bridgehead atoms. The lowest BCUT2D eigenvalue weighted by Crippen LogP contribution is -2.54. The maximum atomic E-state index is 13.0. The Kier molecular flexibility index (Phi) is 6.19. The van der Waals surface area contributed by atoms with Gasteiger partial charge in [-0.15, -0.1) is 0 Å². The van der Waals surface area contributed by atoms with E-state index in [2.05, 4.69) is 4.90 Å². The van der Waals surface area contributed by atoms with E-state index < -0.39 is 0 Å². The van der Waals surface area contributed by atoms with Crippen molar-refractivity contribution in [3.63, 3.8) is 0 Å². The van der Waals surface area contributed by atoms with Crippen LogP contribution < -0.4 is 4.74 Å². The van der Waals surface area contributed by atoms with E-state index >= 15 is 0 Å². The van der Waals surface area contributed by atoms with Gasteiger partial charge in [-0.3, -0.25) is 9.69 Å². The molecule has 1 N–H and O–H groups in total. The van der Waals surface area contributed by atoms with Crippen molar-refractivity contribution >= 4 is 17.5 Å². The lowest BCUT2D eigenvalue weighted by Gasteiger charge is -2.39. The van der Waals surface area contributed by atoms with Crippen LogP contribution in [0.2, 0.25) is 5.02 Å². The van der Waals surface area contributed by atoms with Crippen molar-refractivity contribution < 1.29 is 19.0 Å². The monoisotopic (exact) mass is 392 g/mol. The topological polar surface area (TPSA) is 53.0 Å². The Balaban J connectivity index is 1.51. The quantitative estimate of drug-likeness (QED) is 0.848. The van der Waals surface area contributed by atoms with Gasteiger partial charge in [0.2, 0.25) is 0 Å². The molecule has 7 heteroatoms. The zero-order valence-electron chi connectivity index (χ0n) is 15.1. The van der Waals surface area contributed by atoms with Crippen LogP contribution in [-0.2, 0) is 11.3 Å². The van der Waals surface area contributed by atoms with Gasteiger partial charge in [0, 0.05) is 43.3 Å². The molecule has 0 radical (unpaired) electrons. The Morgan fingerprint density at radius 2 is 2.00 bits per heavy atom. The Bertz CT molecular complexity index is 800. The fourth-order valence-corrected chi connectivity index (χ4v) is 3.40. The number of phenols is 1. The Labute approximate surface area is 162 Å². The summed E-state index contributed by atoms with van der Waals surface area (Å²) in [4.78, 5) is 16.5. The largest absolute Gasteiger partial charge is 0.504 e. The summed E-state index contributed by atoms with van der Waals surface area (Å²) in [5.74, 6) is -0.227. The Hall–Kier alpha value is -2.31. The molecule has 0 saturated carbocycles. The maximum absolute atomic E-state index is 13.0. The van der Waals surface area contributed by atoms with Crippen molar-refractivity contribution in [1.29, 1.82) is 0 Å². The van der Waals surface area contributed by atoms with Gasteiger partial charge in [0.15, 0.2) is 18.1 Å². The standard InChI is InChI=1S/C20H22ClFN2O3/c1-14-11-23(12-15-2-5-17(22)6-3-15)8-9-24(14)20(26)13-27-19-7-4-16(21)10-18(19)25/h2-7,10,14,25H,8-9,11-13H2,1H3/t14-/m1/s1. The van der Waals surface area contributed by atoms with Crippen LogP contribution in [0.4, 0.5) is 4.39 Å². The smallest absolute Gasteiger partial charge is 0.260 e. The summed E-state index contributed by atoms with van der Waals surface area (Å²) in [5, 5.41) is 10.2. The van der Waals surface area contributed by atoms with Gasteiger partial charge >= 0.3 is 0 Å². The highest BCUT2D eigenvalue weighted by Gasteiger charge is 2.27. The van der Waals surface area contributed by atoms with Gasteiger partial charge in [0.05, 0.1) is 0 Å². The number of rotatable bonds is 5. The van der Waals surface area contributed by atoms with Crippen molar-refractivity contribution in [2.45, 2.75) is 19.5 Å². The highest BCUT2D eigenvalue weighted by molar-refractivity contribution is 6.30. The molecule has 2 aromatic rings. The van der Waals surface area contributed by atoms with Gasteiger partial charge in [-0.05, 0) is 36.8 Å². The van der Waals surface area contributed by atoms with Crippen LogP contribution in [0.5, 0.6) is 11.5 Å². The molecule has 1 aliphatic heterocycles. The van der Waals surface area contributed by atoms with Gasteiger partial charge in [-0.1, -0.05) is 23.7 Å². The van der Waals surface area contributed by atoms with Crippen LogP contribution in [0.1, 0.15) is 12.5 Å². The van der Waals surface area contributed by atoms with Gasteiger partial charge in [0.25, 0.3) is 5.91 Å². The molecule has 144 valence electrons. The molecule has 1 aliphatic rings. The summed E-state index contributed by atoms with van der Waals surface area (Å²) in [5.41, 5.74) is 1.05. The zero-order chi connectivity index (χ0) is 19.4. The number of amides is 1. The number of hydrogen-bond acceptors (Lipinski definition) is 4. The van der Waals surface area contributed by atoms with E-state index in [0.29, 0.717) is 11.6 Å². The average Bonchev–Trinajstić information content (AvgIpc) is 2.63. The number of halogens is 2. The van der Waals surface area contributed by atoms with Crippen LogP contribution in [0.25, 0.3) is 0 Å². The van der Waals surface area contributed by atoms with Gasteiger partial charge in [0.1, 0.15) is 5.82 Å². The summed E-state index contributed by atoms with van der Waals surface area (Å²) in [6, 6.07) is 11.0. The lowest BCUT2D eigenvalue weighted by molar-refractivity contribution is -0.138. The minimum atomic E-state index is -0.241. The summed E-state index contributed by atoms with van der Waals surface area (Å²) in [6.45, 7) is 4.64. The summed E-state index contributed by atoms with van der Waals surface area (Å²) in [7, 11) is 0. The lowest BCUT2D eigenvalue weighted by atomic mass is 10.1. The fourth-order valence-electron chi connectivity index (χ4n) is 3.23. The molecule has 1 amide bonds. The molecule has 0 unspecified atom stereocenters. The van der Waals surface area contributed by atoms with Crippen LogP contribution in [0, 0.1) is 5.82 Å². The molecule has 0 spiro atoms. The molecule has 0 aliphatic carbocycles. The second-order valence-electron chi connectivity index (χ2n) is 6.70. The van der Waals surface area contributed by atoms with E-state index in [0.717, 1.165) is 25.2 Å². The van der Waals surface area contributed by atoms with Gasteiger partial charge in [-0.25, -0.2) is 4.39 Å². The third kappa shape index (κ3) is 5.11. The number of phenolic OH excluding ortho intramolecular Hbond substituents is 1. The second-order valence-corrected chi connectivity index (χ2v) is 7.13. The van der Waals surface area contributed by atoms with Crippen LogP contribution in [-0.4, -0.2) is 53.1 Å². The number of nitrogens with zero attached hydrogens (tertiary/aromatic N) is 2. The Morgan fingerprint density at radius 1 is 1.26 bits per heavy atom.